The second-order valence-corrected chi connectivity index (χ2v) is 3.91. The molecule has 0 aliphatic carbocycles. The zero-order chi connectivity index (χ0) is 11.4. The number of aryl methyl sites for hydroxylation is 2. The van der Waals surface area contributed by atoms with Crippen molar-refractivity contribution in [2.45, 2.75) is 20.4 Å². The SMILES string of the molecule is Cc1cncc(NCc2ccc(C)nc2)c1. The van der Waals surface area contributed by atoms with E-state index in [0.29, 0.717) is 0 Å². The highest BCUT2D eigenvalue weighted by Gasteiger charge is 1.95. The summed E-state index contributed by atoms with van der Waals surface area (Å²) in [7, 11) is 0. The molecule has 82 valence electrons. The molecule has 0 radical (unpaired) electrons. The Morgan fingerprint density at radius 2 is 2.00 bits per heavy atom. The van der Waals surface area contributed by atoms with Crippen LogP contribution < -0.4 is 5.32 Å². The Labute approximate surface area is 95.6 Å². The smallest absolute Gasteiger partial charge is 0.0532 e. The molecule has 0 aliphatic rings. The van der Waals surface area contributed by atoms with E-state index in [1.165, 1.54) is 5.56 Å². The largest absolute Gasteiger partial charge is 0.380 e. The zero-order valence-corrected chi connectivity index (χ0v) is 9.57. The van der Waals surface area contributed by atoms with E-state index in [0.717, 1.165) is 23.5 Å². The second kappa shape index (κ2) is 4.75. The average molecular weight is 213 g/mol. The van der Waals surface area contributed by atoms with Crippen LogP contribution in [0.5, 0.6) is 0 Å². The molecule has 0 fully saturated rings. The zero-order valence-electron chi connectivity index (χ0n) is 9.57. The van der Waals surface area contributed by atoms with Gasteiger partial charge in [-0.2, -0.15) is 0 Å². The lowest BCUT2D eigenvalue weighted by molar-refractivity contribution is 1.08. The van der Waals surface area contributed by atoms with Gasteiger partial charge in [0.2, 0.25) is 0 Å². The van der Waals surface area contributed by atoms with E-state index in [4.69, 9.17) is 0 Å². The summed E-state index contributed by atoms with van der Waals surface area (Å²) in [6.45, 7) is 4.80. The predicted octanol–water partition coefficient (Wildman–Crippen LogP) is 2.71. The van der Waals surface area contributed by atoms with E-state index in [9.17, 15) is 0 Å². The molecule has 0 saturated heterocycles. The van der Waals surface area contributed by atoms with Gasteiger partial charge in [0.15, 0.2) is 0 Å². The van der Waals surface area contributed by atoms with Crippen molar-refractivity contribution >= 4 is 5.69 Å². The van der Waals surface area contributed by atoms with E-state index in [2.05, 4.69) is 27.4 Å². The monoisotopic (exact) mass is 213 g/mol. The first-order valence-corrected chi connectivity index (χ1v) is 5.31. The Balaban J connectivity index is 1.99. The van der Waals surface area contributed by atoms with Gasteiger partial charge in [-0.1, -0.05) is 6.07 Å². The molecule has 0 saturated carbocycles. The van der Waals surface area contributed by atoms with Gasteiger partial charge in [-0.3, -0.25) is 9.97 Å². The van der Waals surface area contributed by atoms with E-state index in [1.807, 2.05) is 38.5 Å². The summed E-state index contributed by atoms with van der Waals surface area (Å²) in [5.41, 5.74) is 4.42. The first-order valence-electron chi connectivity index (χ1n) is 5.31. The molecule has 2 rings (SSSR count). The topological polar surface area (TPSA) is 37.8 Å². The van der Waals surface area contributed by atoms with Crippen molar-refractivity contribution in [2.24, 2.45) is 0 Å². The van der Waals surface area contributed by atoms with Crippen molar-refractivity contribution in [3.8, 4) is 0 Å². The normalized spacial score (nSPS) is 10.1. The van der Waals surface area contributed by atoms with Crippen molar-refractivity contribution in [3.05, 3.63) is 53.6 Å². The Bertz CT molecular complexity index is 463. The number of anilines is 1. The molecule has 2 aromatic rings. The lowest BCUT2D eigenvalue weighted by atomic mass is 10.2. The van der Waals surface area contributed by atoms with Crippen LogP contribution in [0.15, 0.2) is 36.8 Å². The lowest BCUT2D eigenvalue weighted by Crippen LogP contribution is -2.00. The molecule has 0 aromatic carbocycles. The molecule has 3 heteroatoms. The summed E-state index contributed by atoms with van der Waals surface area (Å²) in [5.74, 6) is 0. The molecular weight excluding hydrogens is 198 g/mol. The molecule has 2 heterocycles. The average Bonchev–Trinajstić information content (AvgIpc) is 2.28. The Morgan fingerprint density at radius 1 is 1.12 bits per heavy atom. The quantitative estimate of drug-likeness (QED) is 0.851. The predicted molar refractivity (Wildman–Crippen MR) is 65.3 cm³/mol. The molecule has 0 bridgehead atoms. The van der Waals surface area contributed by atoms with Crippen molar-refractivity contribution < 1.29 is 0 Å². The Hall–Kier alpha value is -1.90. The van der Waals surface area contributed by atoms with Crippen LogP contribution in [0.4, 0.5) is 5.69 Å². The summed E-state index contributed by atoms with van der Waals surface area (Å²) in [5, 5.41) is 3.32. The third-order valence-electron chi connectivity index (χ3n) is 2.34. The van der Waals surface area contributed by atoms with Crippen molar-refractivity contribution in [2.75, 3.05) is 5.32 Å². The van der Waals surface area contributed by atoms with Gasteiger partial charge in [-0.15, -0.1) is 0 Å². The van der Waals surface area contributed by atoms with E-state index < -0.39 is 0 Å². The Morgan fingerprint density at radius 3 is 2.69 bits per heavy atom. The fraction of sp³-hybridized carbons (Fsp3) is 0.231. The molecule has 0 aliphatic heterocycles. The number of nitrogens with zero attached hydrogens (tertiary/aromatic N) is 2. The third-order valence-corrected chi connectivity index (χ3v) is 2.34. The van der Waals surface area contributed by atoms with E-state index in [1.54, 1.807) is 0 Å². The summed E-state index contributed by atoms with van der Waals surface area (Å²) in [4.78, 5) is 8.39. The maximum Gasteiger partial charge on any atom is 0.0532 e. The third kappa shape index (κ3) is 2.79. The highest BCUT2D eigenvalue weighted by Crippen LogP contribution is 2.09. The van der Waals surface area contributed by atoms with Crippen LogP contribution in [0.1, 0.15) is 16.8 Å². The summed E-state index contributed by atoms with van der Waals surface area (Å²) >= 11 is 0. The molecule has 0 amide bonds. The van der Waals surface area contributed by atoms with Crippen LogP contribution in [0.3, 0.4) is 0 Å². The van der Waals surface area contributed by atoms with Crippen LogP contribution in [0.2, 0.25) is 0 Å². The summed E-state index contributed by atoms with van der Waals surface area (Å²) < 4.78 is 0. The van der Waals surface area contributed by atoms with Gasteiger partial charge in [0.25, 0.3) is 0 Å². The van der Waals surface area contributed by atoms with Crippen LogP contribution >= 0.6 is 0 Å². The highest BCUT2D eigenvalue weighted by molar-refractivity contribution is 5.42. The van der Waals surface area contributed by atoms with Gasteiger partial charge in [0, 0.05) is 30.8 Å². The van der Waals surface area contributed by atoms with Crippen molar-refractivity contribution in [1.29, 1.82) is 0 Å². The number of hydrogen-bond donors (Lipinski definition) is 1. The Kier molecular flexibility index (Phi) is 3.15. The molecule has 0 unspecified atom stereocenters. The highest BCUT2D eigenvalue weighted by atomic mass is 14.9. The summed E-state index contributed by atoms with van der Waals surface area (Å²) in [6.07, 6.45) is 5.57. The van der Waals surface area contributed by atoms with Crippen LogP contribution in [-0.2, 0) is 6.54 Å². The molecule has 0 spiro atoms. The molecule has 3 nitrogen and oxygen atoms in total. The number of aromatic nitrogens is 2. The minimum Gasteiger partial charge on any atom is -0.380 e. The number of pyridine rings is 2. The fourth-order valence-electron chi connectivity index (χ4n) is 1.46. The molecule has 0 atom stereocenters. The molecular formula is C13H15N3. The van der Waals surface area contributed by atoms with E-state index in [-0.39, 0.29) is 0 Å². The maximum absolute atomic E-state index is 4.25. The number of rotatable bonds is 3. The van der Waals surface area contributed by atoms with Crippen molar-refractivity contribution in [1.82, 2.24) is 9.97 Å². The van der Waals surface area contributed by atoms with Gasteiger partial charge >= 0.3 is 0 Å². The number of hydrogen-bond acceptors (Lipinski definition) is 3. The van der Waals surface area contributed by atoms with E-state index >= 15 is 0 Å². The van der Waals surface area contributed by atoms with Gasteiger partial charge in [-0.25, -0.2) is 0 Å². The minimum atomic E-state index is 0.776. The summed E-state index contributed by atoms with van der Waals surface area (Å²) in [6, 6.07) is 6.18. The van der Waals surface area contributed by atoms with Crippen LogP contribution in [-0.4, -0.2) is 9.97 Å². The van der Waals surface area contributed by atoms with Gasteiger partial charge in [0.1, 0.15) is 0 Å². The van der Waals surface area contributed by atoms with Gasteiger partial charge in [-0.05, 0) is 37.1 Å². The molecule has 16 heavy (non-hydrogen) atoms. The fourth-order valence-corrected chi connectivity index (χ4v) is 1.46. The van der Waals surface area contributed by atoms with Crippen LogP contribution in [0, 0.1) is 13.8 Å². The van der Waals surface area contributed by atoms with Gasteiger partial charge < -0.3 is 5.32 Å². The first kappa shape index (κ1) is 10.6. The maximum atomic E-state index is 4.25. The molecule has 1 N–H and O–H groups in total. The van der Waals surface area contributed by atoms with Gasteiger partial charge in [0.05, 0.1) is 5.69 Å². The minimum absolute atomic E-state index is 0.776. The molecule has 2 aromatic heterocycles. The first-order chi connectivity index (χ1) is 7.74. The standard InChI is InChI=1S/C13H15N3/c1-10-5-13(9-14-6-10)16-8-12-4-3-11(2)15-7-12/h3-7,9,16H,8H2,1-2H3. The van der Waals surface area contributed by atoms with Crippen LogP contribution in [0.25, 0.3) is 0 Å². The second-order valence-electron chi connectivity index (χ2n) is 3.91. The number of nitrogens with one attached hydrogen (secondary N) is 1. The van der Waals surface area contributed by atoms with Crippen molar-refractivity contribution in [3.63, 3.8) is 0 Å². The lowest BCUT2D eigenvalue weighted by Gasteiger charge is -2.06.